The van der Waals surface area contributed by atoms with Gasteiger partial charge >= 0.3 is 11.9 Å². The van der Waals surface area contributed by atoms with Crippen LogP contribution in [0.15, 0.2) is 0 Å². The molecule has 0 bridgehead atoms. The summed E-state index contributed by atoms with van der Waals surface area (Å²) >= 11 is 0. The number of carbonyl (C=O) groups is 3. The molecule has 6 nitrogen and oxygen atoms in total. The number of esters is 1. The predicted molar refractivity (Wildman–Crippen MR) is 78.8 cm³/mol. The normalized spacial score (nSPS) is 12.6. The Bertz CT molecular complexity index is 360. The third-order valence-corrected chi connectivity index (χ3v) is 2.70. The van der Waals surface area contributed by atoms with Gasteiger partial charge in [-0.3, -0.25) is 9.59 Å². The van der Waals surface area contributed by atoms with Crippen LogP contribution in [0.5, 0.6) is 0 Å². The summed E-state index contributed by atoms with van der Waals surface area (Å²) in [6, 6.07) is -1.05. The molecule has 0 aliphatic heterocycles. The van der Waals surface area contributed by atoms with E-state index in [9.17, 15) is 14.4 Å². The van der Waals surface area contributed by atoms with Gasteiger partial charge in [0.25, 0.3) is 0 Å². The molecule has 0 aliphatic rings. The van der Waals surface area contributed by atoms with Crippen molar-refractivity contribution in [2.45, 2.75) is 77.9 Å². The van der Waals surface area contributed by atoms with Crippen LogP contribution in [0.25, 0.3) is 0 Å². The van der Waals surface area contributed by atoms with Crippen LogP contribution in [-0.2, 0) is 19.1 Å². The molecular formula is C15H27NO5. The number of hydrogen-bond donors (Lipinski definition) is 2. The molecule has 0 heterocycles. The summed E-state index contributed by atoms with van der Waals surface area (Å²) in [6.07, 6.45) is 2.97. The third kappa shape index (κ3) is 10.8. The Morgan fingerprint density at radius 1 is 1.14 bits per heavy atom. The molecule has 1 amide bonds. The first-order valence-electron chi connectivity index (χ1n) is 7.39. The Labute approximate surface area is 126 Å². The first kappa shape index (κ1) is 19.4. The van der Waals surface area contributed by atoms with Crippen molar-refractivity contribution in [2.24, 2.45) is 0 Å². The zero-order valence-electron chi connectivity index (χ0n) is 13.4. The molecule has 1 atom stereocenters. The van der Waals surface area contributed by atoms with Crippen LogP contribution >= 0.6 is 0 Å². The molecule has 0 radical (unpaired) electrons. The molecule has 2 N–H and O–H groups in total. The molecule has 0 saturated heterocycles. The number of unbranched alkanes of at least 4 members (excludes halogenated alkanes) is 2. The van der Waals surface area contributed by atoms with E-state index in [4.69, 9.17) is 9.84 Å². The summed E-state index contributed by atoms with van der Waals surface area (Å²) in [4.78, 5) is 34.3. The van der Waals surface area contributed by atoms with Crippen LogP contribution in [0, 0.1) is 0 Å². The highest BCUT2D eigenvalue weighted by molar-refractivity contribution is 5.84. The Morgan fingerprint density at radius 2 is 1.76 bits per heavy atom. The second kappa shape index (κ2) is 9.37. The van der Waals surface area contributed by atoms with E-state index in [1.807, 2.05) is 6.92 Å². The largest absolute Gasteiger partial charge is 0.480 e. The number of nitrogens with one attached hydrogen (secondary N) is 1. The number of ether oxygens (including phenoxy) is 1. The van der Waals surface area contributed by atoms with E-state index < -0.39 is 23.6 Å². The third-order valence-electron chi connectivity index (χ3n) is 2.70. The molecule has 0 saturated carbocycles. The van der Waals surface area contributed by atoms with E-state index in [-0.39, 0.29) is 18.7 Å². The van der Waals surface area contributed by atoms with Crippen LogP contribution in [0.3, 0.4) is 0 Å². The van der Waals surface area contributed by atoms with Crippen LogP contribution in [-0.4, -0.2) is 34.6 Å². The van der Waals surface area contributed by atoms with Crippen molar-refractivity contribution in [3.05, 3.63) is 0 Å². The van der Waals surface area contributed by atoms with Crippen LogP contribution in [0.1, 0.15) is 66.2 Å². The lowest BCUT2D eigenvalue weighted by Gasteiger charge is -2.20. The van der Waals surface area contributed by atoms with Crippen LogP contribution in [0.2, 0.25) is 0 Å². The Kier molecular flexibility index (Phi) is 8.66. The molecule has 0 aromatic rings. The molecule has 6 heteroatoms. The number of carboxylic acid groups (broad SMARTS) is 1. The van der Waals surface area contributed by atoms with Crippen molar-refractivity contribution in [1.29, 1.82) is 0 Å². The number of carbonyl (C=O) groups excluding carboxylic acids is 2. The van der Waals surface area contributed by atoms with E-state index in [0.717, 1.165) is 19.3 Å². The van der Waals surface area contributed by atoms with Gasteiger partial charge in [0.15, 0.2) is 0 Å². The summed E-state index contributed by atoms with van der Waals surface area (Å²) in [6.45, 7) is 7.26. The Balaban J connectivity index is 4.22. The standard InChI is InChI=1S/C15H27NO5/c1-5-6-7-8-12(17)16-11(14(19)20)9-10-13(18)21-15(2,3)4/h11H,5-10H2,1-4H3,(H,16,17)(H,19,20)/t11-/m1/s1. The molecule has 0 aromatic carbocycles. The average Bonchev–Trinajstić information content (AvgIpc) is 2.32. The zero-order valence-corrected chi connectivity index (χ0v) is 13.4. The molecular weight excluding hydrogens is 274 g/mol. The van der Waals surface area contributed by atoms with E-state index in [1.54, 1.807) is 20.8 Å². The van der Waals surface area contributed by atoms with E-state index >= 15 is 0 Å². The van der Waals surface area contributed by atoms with Gasteiger partial charge in [0, 0.05) is 12.8 Å². The minimum absolute atomic E-state index is 0.0315. The summed E-state index contributed by atoms with van der Waals surface area (Å²) in [5.74, 6) is -1.89. The number of aliphatic carboxylic acids is 1. The van der Waals surface area contributed by atoms with Gasteiger partial charge in [-0.2, -0.15) is 0 Å². The second-order valence-corrected chi connectivity index (χ2v) is 6.04. The van der Waals surface area contributed by atoms with Gasteiger partial charge in [0.2, 0.25) is 5.91 Å². The number of amides is 1. The monoisotopic (exact) mass is 301 g/mol. The highest BCUT2D eigenvalue weighted by Gasteiger charge is 2.23. The minimum atomic E-state index is -1.14. The maximum atomic E-state index is 11.6. The molecule has 0 aliphatic carbocycles. The topological polar surface area (TPSA) is 92.7 Å². The Morgan fingerprint density at radius 3 is 2.24 bits per heavy atom. The summed E-state index contributed by atoms with van der Waals surface area (Å²) in [7, 11) is 0. The maximum absolute atomic E-state index is 11.6. The van der Waals surface area contributed by atoms with E-state index in [0.29, 0.717) is 6.42 Å². The summed E-state index contributed by atoms with van der Waals surface area (Å²) in [5.41, 5.74) is -0.598. The van der Waals surface area contributed by atoms with E-state index in [2.05, 4.69) is 5.32 Å². The van der Waals surface area contributed by atoms with Gasteiger partial charge in [-0.1, -0.05) is 19.8 Å². The SMILES string of the molecule is CCCCCC(=O)N[C@H](CCC(=O)OC(C)(C)C)C(=O)O. The maximum Gasteiger partial charge on any atom is 0.326 e. The molecule has 0 unspecified atom stereocenters. The van der Waals surface area contributed by atoms with Crippen molar-refractivity contribution in [3.63, 3.8) is 0 Å². The quantitative estimate of drug-likeness (QED) is 0.503. The number of carboxylic acids is 1. The van der Waals surface area contributed by atoms with Gasteiger partial charge < -0.3 is 15.2 Å². The highest BCUT2D eigenvalue weighted by atomic mass is 16.6. The van der Waals surface area contributed by atoms with Gasteiger partial charge in [-0.15, -0.1) is 0 Å². The second-order valence-electron chi connectivity index (χ2n) is 6.04. The molecule has 21 heavy (non-hydrogen) atoms. The summed E-state index contributed by atoms with van der Waals surface area (Å²) in [5, 5.41) is 11.5. The van der Waals surface area contributed by atoms with Gasteiger partial charge in [0.1, 0.15) is 11.6 Å². The van der Waals surface area contributed by atoms with Gasteiger partial charge in [-0.05, 0) is 33.6 Å². The van der Waals surface area contributed by atoms with Crippen LogP contribution < -0.4 is 5.32 Å². The van der Waals surface area contributed by atoms with Crippen molar-refractivity contribution in [2.75, 3.05) is 0 Å². The fraction of sp³-hybridized carbons (Fsp3) is 0.800. The molecule has 0 rings (SSSR count). The summed E-state index contributed by atoms with van der Waals surface area (Å²) < 4.78 is 5.11. The van der Waals surface area contributed by atoms with Crippen molar-refractivity contribution in [1.82, 2.24) is 5.32 Å². The zero-order chi connectivity index (χ0) is 16.5. The molecule has 122 valence electrons. The number of hydrogen-bond acceptors (Lipinski definition) is 4. The van der Waals surface area contributed by atoms with Crippen LogP contribution in [0.4, 0.5) is 0 Å². The lowest BCUT2D eigenvalue weighted by Crippen LogP contribution is -2.41. The molecule has 0 fully saturated rings. The van der Waals surface area contributed by atoms with Crippen molar-refractivity contribution >= 4 is 17.8 Å². The fourth-order valence-electron chi connectivity index (χ4n) is 1.71. The predicted octanol–water partition coefficient (Wildman–Crippen LogP) is 2.26. The van der Waals surface area contributed by atoms with E-state index in [1.165, 1.54) is 0 Å². The first-order valence-corrected chi connectivity index (χ1v) is 7.39. The lowest BCUT2D eigenvalue weighted by molar-refractivity contribution is -0.155. The minimum Gasteiger partial charge on any atom is -0.480 e. The van der Waals surface area contributed by atoms with Gasteiger partial charge in [0.05, 0.1) is 0 Å². The van der Waals surface area contributed by atoms with Crippen molar-refractivity contribution in [3.8, 4) is 0 Å². The molecule has 0 aromatic heterocycles. The average molecular weight is 301 g/mol. The number of rotatable bonds is 9. The smallest absolute Gasteiger partial charge is 0.326 e. The first-order chi connectivity index (χ1) is 9.65. The van der Waals surface area contributed by atoms with Gasteiger partial charge in [-0.25, -0.2) is 4.79 Å². The fourth-order valence-corrected chi connectivity index (χ4v) is 1.71. The highest BCUT2D eigenvalue weighted by Crippen LogP contribution is 2.10. The Hall–Kier alpha value is -1.59. The van der Waals surface area contributed by atoms with Crippen molar-refractivity contribution < 1.29 is 24.2 Å². The molecule has 0 spiro atoms. The lowest BCUT2D eigenvalue weighted by atomic mass is 10.1.